The molecule has 0 saturated heterocycles. The van der Waals surface area contributed by atoms with Crippen molar-refractivity contribution in [1.29, 1.82) is 0 Å². The number of nitrogens with two attached hydrogens (primary N) is 1. The summed E-state index contributed by atoms with van der Waals surface area (Å²) < 4.78 is 26.3. The zero-order valence-electron chi connectivity index (χ0n) is 15.3. The Morgan fingerprint density at radius 3 is 2.70 bits per heavy atom. The number of ether oxygens (including phenoxy) is 4. The number of carbonyl (C=O) groups is 1. The van der Waals surface area contributed by atoms with Crippen molar-refractivity contribution in [1.82, 2.24) is 0 Å². The van der Waals surface area contributed by atoms with Gasteiger partial charge in [-0.25, -0.2) is 9.59 Å². The first-order valence-electron chi connectivity index (χ1n) is 8.17. The fraction of sp³-hybridized carbons (Fsp3) is 0.444. The molecular weight excluding hydrogens is 358 g/mol. The minimum absolute atomic E-state index is 0.200. The number of amides is 1. The predicted molar refractivity (Wildman–Crippen MR) is 95.5 cm³/mol. The van der Waals surface area contributed by atoms with Gasteiger partial charge in [-0.15, -0.1) is 0 Å². The van der Waals surface area contributed by atoms with Gasteiger partial charge in [0.05, 0.1) is 5.60 Å². The van der Waals surface area contributed by atoms with Gasteiger partial charge in [0.15, 0.2) is 18.1 Å². The lowest BCUT2D eigenvalue weighted by atomic mass is 9.96. The van der Waals surface area contributed by atoms with Crippen LogP contribution in [0.5, 0.6) is 5.75 Å². The minimum atomic E-state index is -1.16. The van der Waals surface area contributed by atoms with Crippen LogP contribution >= 0.6 is 0 Å². The molecule has 148 valence electrons. The molecule has 0 bridgehead atoms. The van der Waals surface area contributed by atoms with E-state index in [4.69, 9.17) is 24.4 Å². The smallest absolute Gasteiger partial charge is 0.404 e. The average Bonchev–Trinajstić information content (AvgIpc) is 2.60. The molecule has 9 heteroatoms. The molecule has 1 heterocycles. The standard InChI is InChI=1S/C18H23NO8/c1-18(2,16(23-3)12(20)9-24-17(19)22)26-10-25-13-6-4-5-11-7-8-14(21)27-15(11)13/h4-8,12,16,20H,9-10H2,1-3H3,(H2,19,22). The number of fused-ring (bicyclic) bond motifs is 1. The van der Waals surface area contributed by atoms with E-state index < -0.39 is 29.5 Å². The first-order valence-corrected chi connectivity index (χ1v) is 8.17. The van der Waals surface area contributed by atoms with Crippen LogP contribution in [0.4, 0.5) is 4.79 Å². The third kappa shape index (κ3) is 5.43. The third-order valence-electron chi connectivity index (χ3n) is 3.94. The molecule has 0 aliphatic carbocycles. The summed E-state index contributed by atoms with van der Waals surface area (Å²) in [6.45, 7) is 2.83. The SMILES string of the molecule is COC(C(O)COC(N)=O)C(C)(C)OCOc1cccc2ccc(=O)oc12. The lowest BCUT2D eigenvalue weighted by Gasteiger charge is -2.35. The molecule has 1 aromatic heterocycles. The van der Waals surface area contributed by atoms with Crippen molar-refractivity contribution < 1.29 is 33.3 Å². The second kappa shape index (κ2) is 8.85. The van der Waals surface area contributed by atoms with Gasteiger partial charge in [-0.1, -0.05) is 12.1 Å². The van der Waals surface area contributed by atoms with Gasteiger partial charge >= 0.3 is 11.7 Å². The molecule has 1 aromatic carbocycles. The summed E-state index contributed by atoms with van der Waals surface area (Å²) in [6, 6.07) is 8.14. The van der Waals surface area contributed by atoms with E-state index in [0.717, 1.165) is 0 Å². The normalized spacial score (nSPS) is 13.9. The Morgan fingerprint density at radius 1 is 1.30 bits per heavy atom. The number of benzene rings is 1. The molecule has 0 aliphatic heterocycles. The first kappa shape index (κ1) is 20.7. The fourth-order valence-electron chi connectivity index (χ4n) is 2.67. The van der Waals surface area contributed by atoms with Crippen LogP contribution in [-0.2, 0) is 14.2 Å². The van der Waals surface area contributed by atoms with E-state index in [2.05, 4.69) is 4.74 Å². The molecule has 27 heavy (non-hydrogen) atoms. The van der Waals surface area contributed by atoms with Crippen molar-refractivity contribution in [3.8, 4) is 5.75 Å². The highest BCUT2D eigenvalue weighted by Crippen LogP contribution is 2.26. The Hall–Kier alpha value is -2.62. The number of para-hydroxylation sites is 1. The molecule has 1 amide bonds. The number of aliphatic hydroxyl groups is 1. The molecule has 3 N–H and O–H groups in total. The van der Waals surface area contributed by atoms with Crippen LogP contribution in [0, 0.1) is 0 Å². The summed E-state index contributed by atoms with van der Waals surface area (Å²) in [5, 5.41) is 10.9. The van der Waals surface area contributed by atoms with Crippen molar-refractivity contribution in [2.45, 2.75) is 31.7 Å². The highest BCUT2D eigenvalue weighted by Gasteiger charge is 2.37. The molecule has 2 rings (SSSR count). The number of hydrogen-bond donors (Lipinski definition) is 2. The van der Waals surface area contributed by atoms with Gasteiger partial charge in [0.2, 0.25) is 0 Å². The van der Waals surface area contributed by atoms with Gasteiger partial charge < -0.3 is 34.2 Å². The average molecular weight is 381 g/mol. The van der Waals surface area contributed by atoms with Crippen molar-refractivity contribution >= 4 is 17.1 Å². The summed E-state index contributed by atoms with van der Waals surface area (Å²) in [4.78, 5) is 22.1. The molecule has 0 spiro atoms. The fourth-order valence-corrected chi connectivity index (χ4v) is 2.67. The molecule has 0 radical (unpaired) electrons. The Morgan fingerprint density at radius 2 is 2.04 bits per heavy atom. The highest BCUT2D eigenvalue weighted by atomic mass is 16.7. The van der Waals surface area contributed by atoms with E-state index in [1.54, 1.807) is 38.1 Å². The van der Waals surface area contributed by atoms with Crippen LogP contribution in [0.2, 0.25) is 0 Å². The van der Waals surface area contributed by atoms with Crippen LogP contribution in [0.25, 0.3) is 11.0 Å². The largest absolute Gasteiger partial charge is 0.464 e. The van der Waals surface area contributed by atoms with Gasteiger partial charge in [0, 0.05) is 18.6 Å². The number of aliphatic hydroxyl groups excluding tert-OH is 1. The van der Waals surface area contributed by atoms with Gasteiger partial charge in [0.1, 0.15) is 18.8 Å². The van der Waals surface area contributed by atoms with Gasteiger partial charge in [-0.05, 0) is 26.0 Å². The van der Waals surface area contributed by atoms with Crippen molar-refractivity contribution in [2.24, 2.45) is 5.73 Å². The molecule has 0 saturated carbocycles. The van der Waals surface area contributed by atoms with E-state index in [9.17, 15) is 14.7 Å². The molecule has 0 aliphatic rings. The topological polar surface area (TPSA) is 130 Å². The summed E-state index contributed by atoms with van der Waals surface area (Å²) in [5.74, 6) is 0.340. The molecule has 2 aromatic rings. The third-order valence-corrected chi connectivity index (χ3v) is 3.94. The zero-order valence-corrected chi connectivity index (χ0v) is 15.3. The Bertz CT molecular complexity index is 831. The maximum absolute atomic E-state index is 11.4. The maximum atomic E-state index is 11.4. The van der Waals surface area contributed by atoms with Crippen molar-refractivity contribution in [3.05, 3.63) is 40.8 Å². The lowest BCUT2D eigenvalue weighted by Crippen LogP contribution is -2.50. The van der Waals surface area contributed by atoms with Gasteiger partial charge in [-0.3, -0.25) is 0 Å². The van der Waals surface area contributed by atoms with Crippen LogP contribution in [0.1, 0.15) is 13.8 Å². The summed E-state index contributed by atoms with van der Waals surface area (Å²) in [5.41, 5.74) is 3.72. The molecule has 0 fully saturated rings. The maximum Gasteiger partial charge on any atom is 0.404 e. The van der Waals surface area contributed by atoms with Crippen LogP contribution in [0.15, 0.2) is 39.5 Å². The predicted octanol–water partition coefficient (Wildman–Crippen LogP) is 1.40. The van der Waals surface area contributed by atoms with Crippen LogP contribution < -0.4 is 16.1 Å². The van der Waals surface area contributed by atoms with Gasteiger partial charge in [0.25, 0.3) is 0 Å². The number of primary amides is 1. The second-order valence-electron chi connectivity index (χ2n) is 6.29. The first-order chi connectivity index (χ1) is 12.7. The summed E-state index contributed by atoms with van der Waals surface area (Å²) in [7, 11) is 1.39. The van der Waals surface area contributed by atoms with Crippen LogP contribution in [0.3, 0.4) is 0 Å². The van der Waals surface area contributed by atoms with Crippen molar-refractivity contribution in [3.63, 3.8) is 0 Å². The number of methoxy groups -OCH3 is 1. The zero-order chi connectivity index (χ0) is 20.0. The van der Waals surface area contributed by atoms with E-state index in [-0.39, 0.29) is 13.4 Å². The van der Waals surface area contributed by atoms with Crippen LogP contribution in [-0.4, -0.2) is 49.5 Å². The molecule has 9 nitrogen and oxygen atoms in total. The Balaban J connectivity index is 2.03. The number of carbonyl (C=O) groups excluding carboxylic acids is 1. The molecule has 2 atom stereocenters. The minimum Gasteiger partial charge on any atom is -0.464 e. The highest BCUT2D eigenvalue weighted by molar-refractivity contribution is 5.82. The van der Waals surface area contributed by atoms with E-state index in [1.807, 2.05) is 0 Å². The second-order valence-corrected chi connectivity index (χ2v) is 6.29. The van der Waals surface area contributed by atoms with Gasteiger partial charge in [-0.2, -0.15) is 0 Å². The van der Waals surface area contributed by atoms with E-state index in [1.165, 1.54) is 13.2 Å². The lowest BCUT2D eigenvalue weighted by molar-refractivity contribution is -0.184. The Labute approximate surface area is 155 Å². The number of hydrogen-bond acceptors (Lipinski definition) is 8. The van der Waals surface area contributed by atoms with E-state index >= 15 is 0 Å². The summed E-state index contributed by atoms with van der Waals surface area (Å²) >= 11 is 0. The number of rotatable bonds is 9. The monoisotopic (exact) mass is 381 g/mol. The molecular formula is C18H23NO8. The van der Waals surface area contributed by atoms with E-state index in [0.29, 0.717) is 16.7 Å². The van der Waals surface area contributed by atoms with Crippen molar-refractivity contribution in [2.75, 3.05) is 20.5 Å². The summed E-state index contributed by atoms with van der Waals surface area (Å²) in [6.07, 6.45) is -2.98. The quantitative estimate of drug-likeness (QED) is 0.492. The molecule has 2 unspecified atom stereocenters. The Kier molecular flexibility index (Phi) is 6.78.